The Bertz CT molecular complexity index is 3750. The number of benzene rings is 9. The first-order chi connectivity index (χ1) is 34.6. The molecule has 3 aromatic heterocycles. The Kier molecular flexibility index (Phi) is 13.3. The van der Waals surface area contributed by atoms with Crippen LogP contribution in [-0.4, -0.2) is 13.7 Å². The van der Waals surface area contributed by atoms with E-state index in [0.717, 1.165) is 0 Å². The van der Waals surface area contributed by atoms with Crippen LogP contribution in [0.5, 0.6) is 0 Å². The maximum Gasteiger partial charge on any atom is 0.0541 e. The van der Waals surface area contributed by atoms with E-state index in [1.54, 1.807) is 0 Å². The van der Waals surface area contributed by atoms with E-state index in [0.29, 0.717) is 5.92 Å². The fourth-order valence-electron chi connectivity index (χ4n) is 11.1. The van der Waals surface area contributed by atoms with Crippen molar-refractivity contribution in [2.24, 2.45) is 0 Å². The van der Waals surface area contributed by atoms with E-state index >= 15 is 0 Å². The van der Waals surface area contributed by atoms with Crippen molar-refractivity contribution < 1.29 is 0 Å². The average molecular weight is 912 g/mol. The first kappa shape index (κ1) is 46.1. The summed E-state index contributed by atoms with van der Waals surface area (Å²) in [7, 11) is 0. The third-order valence-corrected chi connectivity index (χ3v) is 14.3. The zero-order chi connectivity index (χ0) is 48.3. The molecular formula is C67H65N3. The predicted octanol–water partition coefficient (Wildman–Crippen LogP) is 19.7. The molecule has 0 saturated heterocycles. The summed E-state index contributed by atoms with van der Waals surface area (Å²) in [4.78, 5) is 0. The molecule has 0 atom stereocenters. The Labute approximate surface area is 414 Å². The van der Waals surface area contributed by atoms with Gasteiger partial charge in [0.2, 0.25) is 0 Å². The van der Waals surface area contributed by atoms with Gasteiger partial charge in [0.25, 0.3) is 0 Å². The predicted molar refractivity (Wildman–Crippen MR) is 305 cm³/mol. The lowest BCUT2D eigenvalue weighted by molar-refractivity contribution is 0.444. The van der Waals surface area contributed by atoms with Gasteiger partial charge in [-0.3, -0.25) is 0 Å². The van der Waals surface area contributed by atoms with Crippen LogP contribution in [0.4, 0.5) is 0 Å². The summed E-state index contributed by atoms with van der Waals surface area (Å²) in [5.74, 6) is 0.645. The Morgan fingerprint density at radius 2 is 0.643 bits per heavy atom. The van der Waals surface area contributed by atoms with Gasteiger partial charge in [0.05, 0.1) is 33.1 Å². The average Bonchev–Trinajstić information content (AvgIpc) is 4.08. The van der Waals surface area contributed by atoms with Gasteiger partial charge in [-0.25, -0.2) is 0 Å². The van der Waals surface area contributed by atoms with Gasteiger partial charge in [-0.1, -0.05) is 163 Å². The fraction of sp³-hybridized carbons (Fsp3) is 0.194. The molecule has 348 valence electrons. The molecule has 0 aliphatic heterocycles. The first-order valence-corrected chi connectivity index (χ1v) is 26.0. The van der Waals surface area contributed by atoms with Gasteiger partial charge in [0, 0.05) is 49.4 Å². The van der Waals surface area contributed by atoms with Crippen molar-refractivity contribution in [3.8, 4) is 39.3 Å². The van der Waals surface area contributed by atoms with Crippen molar-refractivity contribution in [3.63, 3.8) is 0 Å². The normalized spacial score (nSPS) is 12.7. The van der Waals surface area contributed by atoms with Gasteiger partial charge >= 0.3 is 0 Å². The molecule has 70 heavy (non-hydrogen) atoms. The van der Waals surface area contributed by atoms with Crippen molar-refractivity contribution in [1.82, 2.24) is 13.7 Å². The van der Waals surface area contributed by atoms with Gasteiger partial charge in [0.1, 0.15) is 0 Å². The third kappa shape index (κ3) is 8.07. The van der Waals surface area contributed by atoms with E-state index in [4.69, 9.17) is 0 Å². The summed E-state index contributed by atoms with van der Waals surface area (Å²) in [6.07, 6.45) is 6.61. The molecule has 0 amide bonds. The highest BCUT2D eigenvalue weighted by Crippen LogP contribution is 2.42. The minimum Gasteiger partial charge on any atom is -0.309 e. The van der Waals surface area contributed by atoms with Crippen LogP contribution in [0.25, 0.3) is 105 Å². The Morgan fingerprint density at radius 3 is 1.09 bits per heavy atom. The lowest BCUT2D eigenvalue weighted by Gasteiger charge is -2.22. The molecule has 1 fully saturated rings. The van der Waals surface area contributed by atoms with Gasteiger partial charge in [0.15, 0.2) is 0 Å². The number of aryl methyl sites for hydroxylation is 1. The molecule has 3 heterocycles. The number of nitrogens with zero attached hydrogens (tertiary/aromatic N) is 3. The molecule has 3 heteroatoms. The van der Waals surface area contributed by atoms with Crippen LogP contribution in [0.15, 0.2) is 200 Å². The Hall–Kier alpha value is -7.62. The lowest BCUT2D eigenvalue weighted by Crippen LogP contribution is -2.04. The zero-order valence-electron chi connectivity index (χ0n) is 42.0. The molecule has 12 aromatic rings. The second-order valence-corrected chi connectivity index (χ2v) is 18.1. The molecule has 0 N–H and O–H groups in total. The van der Waals surface area contributed by atoms with Gasteiger partial charge < -0.3 is 13.7 Å². The molecular weight excluding hydrogens is 847 g/mol. The van der Waals surface area contributed by atoms with Crippen LogP contribution in [-0.2, 0) is 0 Å². The largest absolute Gasteiger partial charge is 0.309 e. The summed E-state index contributed by atoms with van der Waals surface area (Å²) in [5.41, 5.74) is 18.5. The van der Waals surface area contributed by atoms with E-state index in [1.807, 2.05) is 41.5 Å². The van der Waals surface area contributed by atoms with Crippen LogP contribution in [0.3, 0.4) is 0 Å². The lowest BCUT2D eigenvalue weighted by atomic mass is 9.83. The summed E-state index contributed by atoms with van der Waals surface area (Å²) in [6, 6.07) is 74.9. The second kappa shape index (κ2) is 20.2. The van der Waals surface area contributed by atoms with E-state index in [1.165, 1.54) is 148 Å². The highest BCUT2D eigenvalue weighted by Gasteiger charge is 2.21. The zero-order valence-corrected chi connectivity index (χ0v) is 42.0. The first-order valence-electron chi connectivity index (χ1n) is 26.0. The van der Waals surface area contributed by atoms with Crippen LogP contribution < -0.4 is 0 Å². The maximum atomic E-state index is 2.52. The molecule has 13 rings (SSSR count). The molecule has 1 saturated carbocycles. The third-order valence-electron chi connectivity index (χ3n) is 14.3. The smallest absolute Gasteiger partial charge is 0.0541 e. The van der Waals surface area contributed by atoms with Crippen molar-refractivity contribution in [2.75, 3.05) is 0 Å². The van der Waals surface area contributed by atoms with E-state index in [2.05, 4.69) is 221 Å². The molecule has 0 unspecified atom stereocenters. The number of hydrogen-bond acceptors (Lipinski definition) is 0. The topological polar surface area (TPSA) is 14.8 Å². The van der Waals surface area contributed by atoms with Gasteiger partial charge in [-0.15, -0.1) is 0 Å². The summed E-state index contributed by atoms with van der Waals surface area (Å²) in [6.45, 7) is 14.2. The monoisotopic (exact) mass is 912 g/mol. The molecule has 0 radical (unpaired) electrons. The number of aromatic nitrogens is 3. The molecule has 9 aromatic carbocycles. The van der Waals surface area contributed by atoms with Crippen molar-refractivity contribution in [3.05, 3.63) is 211 Å². The van der Waals surface area contributed by atoms with Gasteiger partial charge in [-0.05, 0) is 157 Å². The van der Waals surface area contributed by atoms with Crippen LogP contribution in [0, 0.1) is 6.92 Å². The number of para-hydroxylation sites is 3. The number of hydrogen-bond donors (Lipinski definition) is 0. The van der Waals surface area contributed by atoms with E-state index in [9.17, 15) is 0 Å². The minimum atomic E-state index is 0.645. The van der Waals surface area contributed by atoms with Crippen molar-refractivity contribution in [2.45, 2.75) is 86.5 Å². The molecule has 1 aliphatic carbocycles. The van der Waals surface area contributed by atoms with Gasteiger partial charge in [-0.2, -0.15) is 0 Å². The molecule has 1 aliphatic rings. The minimum absolute atomic E-state index is 0.645. The summed E-state index contributed by atoms with van der Waals surface area (Å²) >= 11 is 0. The molecule has 0 spiro atoms. The second-order valence-electron chi connectivity index (χ2n) is 18.1. The van der Waals surface area contributed by atoms with Crippen LogP contribution in [0.1, 0.15) is 90.7 Å². The number of rotatable bonds is 6. The standard InChI is InChI=1S/C61H47N3.3C2H6/c1-40-21-28-49(29-22-40)64-60-33-26-44(43-24-31-57-51(36-43)50-19-11-12-20-56(50)62(57)47-15-7-3-8-16-47)37-54(60)55-39-46(27-34-61(55)64)45-25-32-59-53(38-45)52-35-42(41-13-5-2-6-14-41)23-30-58(52)63(59)48-17-9-4-10-18-48;3*1-2/h3-4,7-12,15-39,41H,2,5-6,13-14H2,1H3;3*1-2H3. The quantitative estimate of drug-likeness (QED) is 0.158. The summed E-state index contributed by atoms with van der Waals surface area (Å²) < 4.78 is 7.29. The van der Waals surface area contributed by atoms with Crippen molar-refractivity contribution >= 4 is 65.4 Å². The molecule has 3 nitrogen and oxygen atoms in total. The van der Waals surface area contributed by atoms with Crippen LogP contribution in [0.2, 0.25) is 0 Å². The maximum absolute atomic E-state index is 2.52. The van der Waals surface area contributed by atoms with E-state index < -0.39 is 0 Å². The highest BCUT2D eigenvalue weighted by molar-refractivity contribution is 6.14. The molecule has 0 bridgehead atoms. The SMILES string of the molecule is CC.CC.CC.Cc1ccc(-n2c3ccc(-c4ccc5c(c4)c4ccccc4n5-c4ccccc4)cc3c3cc(-c4ccc5c(c4)c4cc(C6CCCCC6)ccc4n5-c4ccccc4)ccc32)cc1. The fourth-order valence-corrected chi connectivity index (χ4v) is 11.1. The Morgan fingerprint density at radius 1 is 0.300 bits per heavy atom. The highest BCUT2D eigenvalue weighted by atomic mass is 15.0. The van der Waals surface area contributed by atoms with Crippen molar-refractivity contribution in [1.29, 1.82) is 0 Å². The Balaban J connectivity index is 0.000000913. The van der Waals surface area contributed by atoms with E-state index in [-0.39, 0.29) is 0 Å². The summed E-state index contributed by atoms with van der Waals surface area (Å²) in [5, 5.41) is 7.68. The number of fused-ring (bicyclic) bond motifs is 9. The van der Waals surface area contributed by atoms with Crippen LogP contribution >= 0.6 is 0 Å².